The first kappa shape index (κ1) is 35.8. The fourth-order valence-corrected chi connectivity index (χ4v) is 14.9. The SMILES string of the molecule is C1=CCC(c2nc3ccccc3n2-c2cccc(-c3c4ccccc4c(-c4ccccc4[Si](c4ccccc4)(c4ccccc4)c4ccccc4)c4ccccc34)c2)C=C1. The van der Waals surface area contributed by atoms with Crippen LogP contribution in [-0.4, -0.2) is 17.6 Å². The molecular weight excluding hydrogens is 741 g/mol. The number of hydrogen-bond acceptors (Lipinski definition) is 1. The minimum Gasteiger partial charge on any atom is -0.296 e. The second-order valence-electron chi connectivity index (χ2n) is 15.7. The summed E-state index contributed by atoms with van der Waals surface area (Å²) in [7, 11) is -2.88. The van der Waals surface area contributed by atoms with Crippen molar-refractivity contribution in [2.75, 3.05) is 0 Å². The number of allylic oxidation sites excluding steroid dienone is 4. The molecule has 0 aliphatic heterocycles. The lowest BCUT2D eigenvalue weighted by molar-refractivity contribution is 0.758. The minimum absolute atomic E-state index is 0.199. The second-order valence-corrected chi connectivity index (χ2v) is 19.5. The van der Waals surface area contributed by atoms with Crippen LogP contribution in [0.15, 0.2) is 237 Å². The topological polar surface area (TPSA) is 17.8 Å². The highest BCUT2D eigenvalue weighted by atomic mass is 28.3. The molecular formula is C57H42N2Si. The average molecular weight is 783 g/mol. The Morgan fingerprint density at radius 2 is 1.00 bits per heavy atom. The van der Waals surface area contributed by atoms with E-state index in [1.165, 1.54) is 64.5 Å². The summed E-state index contributed by atoms with van der Waals surface area (Å²) in [6, 6.07) is 78.8. The van der Waals surface area contributed by atoms with Crippen molar-refractivity contribution in [3.8, 4) is 27.9 Å². The molecule has 0 fully saturated rings. The Balaban J connectivity index is 1.19. The third kappa shape index (κ3) is 5.81. The number of aromatic nitrogens is 2. The summed E-state index contributed by atoms with van der Waals surface area (Å²) in [6.07, 6.45) is 9.74. The lowest BCUT2D eigenvalue weighted by Crippen LogP contribution is -2.75. The first-order valence-electron chi connectivity index (χ1n) is 20.9. The van der Waals surface area contributed by atoms with Crippen molar-refractivity contribution in [1.29, 1.82) is 0 Å². The summed E-state index contributed by atoms with van der Waals surface area (Å²) >= 11 is 0. The van der Waals surface area contributed by atoms with Crippen LogP contribution < -0.4 is 20.7 Å². The Labute approximate surface area is 352 Å². The lowest BCUT2D eigenvalue weighted by Gasteiger charge is -2.36. The Bertz CT molecular complexity index is 3080. The van der Waals surface area contributed by atoms with Crippen LogP contribution in [-0.2, 0) is 0 Å². The van der Waals surface area contributed by atoms with Crippen LogP contribution in [0, 0.1) is 0 Å². The molecule has 0 saturated carbocycles. The monoisotopic (exact) mass is 782 g/mol. The molecule has 1 unspecified atom stereocenters. The molecule has 1 aliphatic carbocycles. The molecule has 9 aromatic carbocycles. The predicted molar refractivity (Wildman–Crippen MR) is 256 cm³/mol. The number of benzene rings is 9. The van der Waals surface area contributed by atoms with Gasteiger partial charge in [-0.05, 0) is 95.2 Å². The van der Waals surface area contributed by atoms with Gasteiger partial charge in [0, 0.05) is 11.6 Å². The van der Waals surface area contributed by atoms with E-state index in [9.17, 15) is 0 Å². The Kier molecular flexibility index (Phi) is 9.02. The normalized spacial score (nSPS) is 14.0. The minimum atomic E-state index is -2.88. The Morgan fingerprint density at radius 3 is 1.60 bits per heavy atom. The van der Waals surface area contributed by atoms with Gasteiger partial charge in [0.2, 0.25) is 0 Å². The zero-order valence-corrected chi connectivity index (χ0v) is 34.2. The average Bonchev–Trinajstić information content (AvgIpc) is 3.73. The molecule has 2 nitrogen and oxygen atoms in total. The smallest absolute Gasteiger partial charge is 0.180 e. The number of imidazole rings is 1. The van der Waals surface area contributed by atoms with E-state index in [0.717, 1.165) is 29.0 Å². The maximum absolute atomic E-state index is 5.23. The quantitative estimate of drug-likeness (QED) is 0.0853. The summed E-state index contributed by atoms with van der Waals surface area (Å²) < 4.78 is 2.38. The van der Waals surface area contributed by atoms with Crippen molar-refractivity contribution in [3.05, 3.63) is 242 Å². The van der Waals surface area contributed by atoms with E-state index < -0.39 is 8.07 Å². The Morgan fingerprint density at radius 1 is 0.467 bits per heavy atom. The van der Waals surface area contributed by atoms with Gasteiger partial charge >= 0.3 is 0 Å². The van der Waals surface area contributed by atoms with E-state index in [4.69, 9.17) is 4.98 Å². The molecule has 10 aromatic rings. The second kappa shape index (κ2) is 15.1. The zero-order valence-electron chi connectivity index (χ0n) is 33.2. The van der Waals surface area contributed by atoms with Crippen molar-refractivity contribution >= 4 is 61.4 Å². The van der Waals surface area contributed by atoms with Crippen molar-refractivity contribution in [1.82, 2.24) is 9.55 Å². The molecule has 0 bridgehead atoms. The summed E-state index contributed by atoms with van der Waals surface area (Å²) in [4.78, 5) is 5.23. The van der Waals surface area contributed by atoms with Gasteiger partial charge in [-0.2, -0.15) is 0 Å². The summed E-state index contributed by atoms with van der Waals surface area (Å²) in [5, 5.41) is 10.4. The molecule has 0 saturated heterocycles. The molecule has 0 radical (unpaired) electrons. The van der Waals surface area contributed by atoms with Gasteiger partial charge in [0.15, 0.2) is 8.07 Å². The summed E-state index contributed by atoms with van der Waals surface area (Å²) in [5.41, 5.74) is 8.23. The largest absolute Gasteiger partial charge is 0.296 e. The number of rotatable bonds is 8. The van der Waals surface area contributed by atoms with E-state index in [-0.39, 0.29) is 5.92 Å². The van der Waals surface area contributed by atoms with Crippen molar-refractivity contribution in [2.45, 2.75) is 12.3 Å². The van der Waals surface area contributed by atoms with Gasteiger partial charge in [0.05, 0.1) is 11.0 Å². The van der Waals surface area contributed by atoms with E-state index in [1.807, 2.05) is 0 Å². The highest BCUT2D eigenvalue weighted by Crippen LogP contribution is 2.44. The first-order chi connectivity index (χ1) is 29.8. The first-order valence-corrected chi connectivity index (χ1v) is 22.9. The molecule has 1 atom stereocenters. The number of hydrogen-bond donors (Lipinski definition) is 0. The summed E-state index contributed by atoms with van der Waals surface area (Å²) in [5.74, 6) is 1.27. The molecule has 60 heavy (non-hydrogen) atoms. The summed E-state index contributed by atoms with van der Waals surface area (Å²) in [6.45, 7) is 0. The van der Waals surface area contributed by atoms with Gasteiger partial charge < -0.3 is 0 Å². The van der Waals surface area contributed by atoms with E-state index in [0.29, 0.717) is 0 Å². The molecule has 284 valence electrons. The maximum atomic E-state index is 5.23. The van der Waals surface area contributed by atoms with Gasteiger partial charge in [0.1, 0.15) is 5.82 Å². The van der Waals surface area contributed by atoms with Gasteiger partial charge in [-0.15, -0.1) is 0 Å². The van der Waals surface area contributed by atoms with Gasteiger partial charge in [0.25, 0.3) is 0 Å². The molecule has 1 heterocycles. The van der Waals surface area contributed by atoms with Crippen LogP contribution in [0.25, 0.3) is 60.5 Å². The molecule has 11 rings (SSSR count). The van der Waals surface area contributed by atoms with Crippen LogP contribution in [0.5, 0.6) is 0 Å². The molecule has 3 heteroatoms. The van der Waals surface area contributed by atoms with E-state index in [2.05, 4.69) is 241 Å². The number of para-hydroxylation sites is 2. The highest BCUT2D eigenvalue weighted by Gasteiger charge is 2.43. The number of fused-ring (bicyclic) bond motifs is 3. The number of nitrogens with zero attached hydrogens (tertiary/aromatic N) is 2. The van der Waals surface area contributed by atoms with Gasteiger partial charge in [-0.25, -0.2) is 4.98 Å². The van der Waals surface area contributed by atoms with E-state index in [1.54, 1.807) is 0 Å². The molecule has 1 aliphatic rings. The predicted octanol–water partition coefficient (Wildman–Crippen LogP) is 11.6. The van der Waals surface area contributed by atoms with Gasteiger partial charge in [-0.3, -0.25) is 4.57 Å². The van der Waals surface area contributed by atoms with Crippen molar-refractivity contribution in [2.24, 2.45) is 0 Å². The molecule has 1 aromatic heterocycles. The third-order valence-corrected chi connectivity index (χ3v) is 17.3. The van der Waals surface area contributed by atoms with Crippen molar-refractivity contribution < 1.29 is 0 Å². The van der Waals surface area contributed by atoms with E-state index >= 15 is 0 Å². The standard InChI is InChI=1S/C57H42N2Si/c1-5-22-41(23-6-1)57-58-52-37-18-19-38-53(52)59(57)43-25-21-24-42(40-43)55-47-32-13-15-34-49(47)56(50-35-16-14-33-48(50)55)51-36-17-20-39-54(51)60(44-26-7-2-8-27-44,45-28-9-3-10-29-45)46-30-11-4-12-31-46/h1-22,24-41H,23H2. The van der Waals surface area contributed by atoms with Gasteiger partial charge in [-0.1, -0.05) is 212 Å². The Hall–Kier alpha value is -7.33. The zero-order chi connectivity index (χ0) is 39.9. The molecule has 0 amide bonds. The third-order valence-electron chi connectivity index (χ3n) is 12.4. The van der Waals surface area contributed by atoms with Crippen LogP contribution >= 0.6 is 0 Å². The van der Waals surface area contributed by atoms with Crippen LogP contribution in [0.4, 0.5) is 0 Å². The molecule has 0 spiro atoms. The van der Waals surface area contributed by atoms with Crippen LogP contribution in [0.1, 0.15) is 18.2 Å². The molecule has 0 N–H and O–H groups in total. The van der Waals surface area contributed by atoms with Crippen molar-refractivity contribution in [3.63, 3.8) is 0 Å². The lowest BCUT2D eigenvalue weighted by atomic mass is 9.86. The maximum Gasteiger partial charge on any atom is 0.180 e. The van der Waals surface area contributed by atoms with Crippen LogP contribution in [0.2, 0.25) is 0 Å². The fraction of sp³-hybridized carbons (Fsp3) is 0.0351. The van der Waals surface area contributed by atoms with Crippen LogP contribution in [0.3, 0.4) is 0 Å². The highest BCUT2D eigenvalue weighted by molar-refractivity contribution is 7.20. The fourth-order valence-electron chi connectivity index (χ4n) is 9.93.